The van der Waals surface area contributed by atoms with Crippen LogP contribution in [0.2, 0.25) is 0 Å². The van der Waals surface area contributed by atoms with Crippen LogP contribution in [0.25, 0.3) is 0 Å². The van der Waals surface area contributed by atoms with E-state index in [2.05, 4.69) is 0 Å². The summed E-state index contributed by atoms with van der Waals surface area (Å²) in [6.07, 6.45) is 0. The molecule has 7 heavy (non-hydrogen) atoms. The summed E-state index contributed by atoms with van der Waals surface area (Å²) in [6, 6.07) is 0. The Morgan fingerprint density at radius 2 is 1.29 bits per heavy atom. The molecule has 4 nitrogen and oxygen atoms in total. The van der Waals surface area contributed by atoms with Crippen LogP contribution in [0, 0.1) is 0 Å². The van der Waals surface area contributed by atoms with Gasteiger partial charge in [-0.1, -0.05) is 0 Å². The van der Waals surface area contributed by atoms with Crippen LogP contribution in [-0.4, -0.2) is 37.7 Å². The topological polar surface area (TPSA) is 77.8 Å². The van der Waals surface area contributed by atoms with Gasteiger partial charge in [0.25, 0.3) is 0 Å². The molecule has 41 valence electrons. The molecule has 0 saturated heterocycles. The van der Waals surface area contributed by atoms with Crippen LogP contribution >= 0.6 is 7.82 Å². The van der Waals surface area contributed by atoms with Crippen molar-refractivity contribution in [1.82, 2.24) is 0 Å². The van der Waals surface area contributed by atoms with Crippen molar-refractivity contribution < 1.29 is 40.7 Å². The maximum atomic E-state index is 8.88. The third-order valence-corrected chi connectivity index (χ3v) is 0. The first kappa shape index (κ1) is 15.8. The third kappa shape index (κ3) is 104. The van der Waals surface area contributed by atoms with Gasteiger partial charge in [-0.2, -0.15) is 0 Å². The number of hydrogen-bond acceptors (Lipinski definition) is 1. The number of rotatable bonds is 0. The minimum atomic E-state index is -4.64. The van der Waals surface area contributed by atoms with Gasteiger partial charge >= 0.3 is 30.9 Å². The maximum Gasteiger partial charge on any atom is 2.00 e. The Morgan fingerprint density at radius 3 is 1.29 bits per heavy atom. The van der Waals surface area contributed by atoms with Crippen molar-refractivity contribution in [2.75, 3.05) is 0 Å². The number of phosphoric acid groups is 1. The monoisotopic (exact) mass is 175 g/mol. The molecule has 7 heteroatoms. The van der Waals surface area contributed by atoms with Crippen molar-refractivity contribution in [1.29, 1.82) is 0 Å². The van der Waals surface area contributed by atoms with Gasteiger partial charge in [-0.3, -0.25) is 0 Å². The van der Waals surface area contributed by atoms with E-state index in [0.29, 0.717) is 0 Å². The van der Waals surface area contributed by atoms with Gasteiger partial charge in [-0.15, -0.1) is 0 Å². The molecule has 0 heterocycles. The van der Waals surface area contributed by atoms with Gasteiger partial charge in [-0.05, 0) is 0 Å². The summed E-state index contributed by atoms with van der Waals surface area (Å²) >= 11 is 0. The fourth-order valence-corrected chi connectivity index (χ4v) is 0. The van der Waals surface area contributed by atoms with Crippen molar-refractivity contribution >= 4 is 30.9 Å². The second-order valence-electron chi connectivity index (χ2n) is 0.513. The molecule has 0 saturated carbocycles. The van der Waals surface area contributed by atoms with Crippen LogP contribution in [0.5, 0.6) is 0 Å². The van der Waals surface area contributed by atoms with Gasteiger partial charge in [0, 0.05) is 18.6 Å². The summed E-state index contributed by atoms with van der Waals surface area (Å²) in [5, 5.41) is 0. The molecule has 0 bridgehead atoms. The average molecular weight is 175 g/mol. The Kier molecular flexibility index (Phi) is 12.6. The van der Waals surface area contributed by atoms with Gasteiger partial charge in [0.15, 0.2) is 0 Å². The first-order valence-corrected chi connectivity index (χ1v) is 2.35. The van der Waals surface area contributed by atoms with Crippen molar-refractivity contribution in [3.63, 3.8) is 0 Å². The van der Waals surface area contributed by atoms with E-state index >= 15 is 0 Å². The molecule has 1 radical (unpaired) electrons. The molecule has 0 aliphatic rings. The fourth-order valence-electron chi connectivity index (χ4n) is 0. The van der Waals surface area contributed by atoms with E-state index in [-0.39, 0.29) is 44.5 Å². The molecular formula is H5MgO4PV. The molecule has 3 N–H and O–H groups in total. The van der Waals surface area contributed by atoms with E-state index in [1.165, 1.54) is 0 Å². The van der Waals surface area contributed by atoms with Crippen LogP contribution in [-0.2, 0) is 23.1 Å². The number of hydrogen-bond donors (Lipinski definition) is 3. The molecule has 0 aromatic heterocycles. The summed E-state index contributed by atoms with van der Waals surface area (Å²) < 4.78 is 8.88. The molecule has 0 aliphatic heterocycles. The molecule has 0 aromatic carbocycles. The summed E-state index contributed by atoms with van der Waals surface area (Å²) in [4.78, 5) is 21.6. The normalized spacial score (nSPS) is 8.43. The molecule has 0 amide bonds. The molecule has 0 atom stereocenters. The van der Waals surface area contributed by atoms with Crippen LogP contribution in [0.1, 0.15) is 2.85 Å². The van der Waals surface area contributed by atoms with E-state index in [9.17, 15) is 0 Å². The van der Waals surface area contributed by atoms with Gasteiger partial charge < -0.3 is 17.5 Å². The van der Waals surface area contributed by atoms with Crippen molar-refractivity contribution in [2.24, 2.45) is 0 Å². The van der Waals surface area contributed by atoms with Crippen LogP contribution in [0.4, 0.5) is 0 Å². The zero-order chi connectivity index (χ0) is 4.50. The van der Waals surface area contributed by atoms with Gasteiger partial charge in [0.2, 0.25) is 0 Å². The predicted octanol–water partition coefficient (Wildman–Crippen LogP) is -1.09. The van der Waals surface area contributed by atoms with Crippen molar-refractivity contribution in [3.05, 3.63) is 0 Å². The molecule has 0 unspecified atom stereocenters. The van der Waals surface area contributed by atoms with Gasteiger partial charge in [0.05, 0.1) is 0 Å². The SMILES string of the molecule is O=P(O)(O)O.[H-].[H-].[Mg+2].[V]. The quantitative estimate of drug-likeness (QED) is 0.323. The Balaban J connectivity index is -0.0000000133. The summed E-state index contributed by atoms with van der Waals surface area (Å²) in [5.74, 6) is 0. The van der Waals surface area contributed by atoms with Crippen molar-refractivity contribution in [3.8, 4) is 0 Å². The maximum absolute atomic E-state index is 8.88. The Morgan fingerprint density at radius 1 is 1.29 bits per heavy atom. The predicted molar refractivity (Wildman–Crippen MR) is 22.2 cm³/mol. The van der Waals surface area contributed by atoms with E-state index in [4.69, 9.17) is 19.2 Å². The molecule has 0 fully saturated rings. The van der Waals surface area contributed by atoms with Gasteiger partial charge in [-0.25, -0.2) is 4.57 Å². The fraction of sp³-hybridized carbons (Fsp3) is 0. The Hall–Kier alpha value is 1.46. The second-order valence-corrected chi connectivity index (χ2v) is 1.54. The molecular weight excluding hydrogens is 170 g/mol. The van der Waals surface area contributed by atoms with Crippen LogP contribution in [0.15, 0.2) is 0 Å². The second kappa shape index (κ2) is 5.59. The standard InChI is InChI=1S/Mg.H3O4P.V.2H/c;1-5(2,3)4;;;/h;(H3,1,2,3,4);;;/q+2;;;2*-1. The average Bonchev–Trinajstić information content (AvgIpc) is 0.722. The summed E-state index contributed by atoms with van der Waals surface area (Å²) in [6.45, 7) is 0. The summed E-state index contributed by atoms with van der Waals surface area (Å²) in [5.41, 5.74) is 0. The molecule has 0 rings (SSSR count). The van der Waals surface area contributed by atoms with Crippen LogP contribution < -0.4 is 0 Å². The smallest absolute Gasteiger partial charge is 1.00 e. The van der Waals surface area contributed by atoms with E-state index in [0.717, 1.165) is 0 Å². The first-order chi connectivity index (χ1) is 2.00. The van der Waals surface area contributed by atoms with E-state index in [1.54, 1.807) is 0 Å². The molecule has 0 spiro atoms. The van der Waals surface area contributed by atoms with E-state index in [1.807, 2.05) is 0 Å². The van der Waals surface area contributed by atoms with Crippen molar-refractivity contribution in [2.45, 2.75) is 0 Å². The Bertz CT molecular complexity index is 64.7. The summed E-state index contributed by atoms with van der Waals surface area (Å²) in [7, 11) is -4.64. The zero-order valence-electron chi connectivity index (χ0n) is 5.35. The zero-order valence-corrected chi connectivity index (χ0v) is 7.06. The largest absolute Gasteiger partial charge is 2.00 e. The van der Waals surface area contributed by atoms with Gasteiger partial charge in [0.1, 0.15) is 0 Å². The Labute approximate surface area is 71.6 Å². The molecule has 0 aliphatic carbocycles. The van der Waals surface area contributed by atoms with Crippen LogP contribution in [0.3, 0.4) is 0 Å². The van der Waals surface area contributed by atoms with E-state index < -0.39 is 7.82 Å². The third-order valence-electron chi connectivity index (χ3n) is 0. The minimum absolute atomic E-state index is 0. The first-order valence-electron chi connectivity index (χ1n) is 0.783. The minimum Gasteiger partial charge on any atom is -1.00 e. The molecule has 0 aromatic rings.